The van der Waals surface area contributed by atoms with Gasteiger partial charge in [-0.05, 0) is 12.8 Å². The Labute approximate surface area is 136 Å². The lowest BCUT2D eigenvalue weighted by Crippen LogP contribution is -2.35. The maximum absolute atomic E-state index is 6.08. The molecular formula is C9H18Cl6Si2. The number of unbranched alkanes of at least 4 members (excludes halogenated alkanes) is 3. The van der Waals surface area contributed by atoms with E-state index >= 15 is 0 Å². The summed E-state index contributed by atoms with van der Waals surface area (Å²) in [5.41, 5.74) is -2.39. The van der Waals surface area contributed by atoms with E-state index in [0.717, 1.165) is 37.8 Å². The maximum atomic E-state index is 6.08. The molecule has 0 aliphatic carbocycles. The minimum Gasteiger partial charge on any atom is -0.130 e. The largest absolute Gasteiger partial charge is 0.321 e. The van der Waals surface area contributed by atoms with Crippen LogP contribution >= 0.6 is 68.0 Å². The Balaban J connectivity index is 3.57. The number of hydrogen-bond acceptors (Lipinski definition) is 0. The molecule has 0 rings (SSSR count). The van der Waals surface area contributed by atoms with Crippen molar-refractivity contribution in [2.24, 2.45) is 0 Å². The van der Waals surface area contributed by atoms with Crippen LogP contribution in [0, 0.1) is 0 Å². The topological polar surface area (TPSA) is 0 Å². The zero-order chi connectivity index (χ0) is 13.5. The average molecular weight is 395 g/mol. The first-order valence-corrected chi connectivity index (χ1v) is 15.4. The molecule has 0 aliphatic rings. The molecule has 0 nitrogen and oxygen atoms in total. The summed E-state index contributed by atoms with van der Waals surface area (Å²) >= 11 is 35.2. The van der Waals surface area contributed by atoms with E-state index in [1.54, 1.807) is 0 Å². The Morgan fingerprint density at radius 1 is 0.941 bits per heavy atom. The predicted octanol–water partition coefficient (Wildman–Crippen LogP) is 6.29. The lowest BCUT2D eigenvalue weighted by atomic mass is 10.2. The normalized spacial score (nSPS) is 15.0. The molecule has 8 heteroatoms. The van der Waals surface area contributed by atoms with E-state index in [9.17, 15) is 0 Å². The van der Waals surface area contributed by atoms with Gasteiger partial charge in [-0.15, -0.1) is 33.2 Å². The third kappa shape index (κ3) is 11.7. The van der Waals surface area contributed by atoms with Gasteiger partial charge in [-0.25, -0.2) is 0 Å². The van der Waals surface area contributed by atoms with Crippen molar-refractivity contribution >= 4 is 81.9 Å². The minimum atomic E-state index is -2.39. The summed E-state index contributed by atoms with van der Waals surface area (Å²) in [5.74, 6) is 0. The Bertz CT molecular complexity index is 201. The number of halogens is 6. The number of rotatable bonds is 8. The van der Waals surface area contributed by atoms with Gasteiger partial charge in [-0.1, -0.05) is 73.1 Å². The zero-order valence-corrected chi connectivity index (χ0v) is 16.5. The predicted molar refractivity (Wildman–Crippen MR) is 89.1 cm³/mol. The van der Waals surface area contributed by atoms with E-state index in [2.05, 4.69) is 6.92 Å². The molecule has 0 bridgehead atoms. The van der Waals surface area contributed by atoms with Crippen LogP contribution in [0.4, 0.5) is 0 Å². The zero-order valence-electron chi connectivity index (χ0n) is 9.79. The molecule has 104 valence electrons. The molecule has 0 aromatic carbocycles. The molecule has 0 aliphatic heterocycles. The molecule has 17 heavy (non-hydrogen) atoms. The number of hydrogen-bond donors (Lipinski definition) is 0. The lowest BCUT2D eigenvalue weighted by Gasteiger charge is -2.18. The summed E-state index contributed by atoms with van der Waals surface area (Å²) in [5, 5.41) is 0. The van der Waals surface area contributed by atoms with Crippen molar-refractivity contribution in [3.8, 4) is 0 Å². The second kappa shape index (κ2) is 9.17. The first-order valence-electron chi connectivity index (χ1n) is 5.80. The smallest absolute Gasteiger partial charge is 0.130 e. The van der Waals surface area contributed by atoms with Crippen molar-refractivity contribution in [1.82, 2.24) is 0 Å². The summed E-state index contributed by atoms with van der Waals surface area (Å²) in [7, 11) is -1.13. The molecule has 1 unspecified atom stereocenters. The van der Waals surface area contributed by atoms with Crippen LogP contribution in [0.25, 0.3) is 0 Å². The summed E-state index contributed by atoms with van der Waals surface area (Å²) in [6.45, 7) is 2.13. The molecule has 0 radical (unpaired) electrons. The van der Waals surface area contributed by atoms with E-state index in [1.807, 2.05) is 0 Å². The number of alkyl halides is 3. The highest BCUT2D eigenvalue weighted by Crippen LogP contribution is 2.32. The van der Waals surface area contributed by atoms with Crippen LogP contribution in [-0.4, -0.2) is 17.6 Å². The van der Waals surface area contributed by atoms with Crippen LogP contribution in [0.1, 0.15) is 39.0 Å². The third-order valence-corrected chi connectivity index (χ3v) is 19.5. The highest BCUT2D eigenvalue weighted by molar-refractivity contribution is 7.85. The van der Waals surface area contributed by atoms with Gasteiger partial charge in [-0.2, -0.15) is 0 Å². The van der Waals surface area contributed by atoms with Crippen LogP contribution in [0.3, 0.4) is 0 Å². The van der Waals surface area contributed by atoms with Gasteiger partial charge >= 0.3 is 5.52 Å². The molecule has 0 saturated carbocycles. The maximum Gasteiger partial charge on any atom is 0.321 e. The van der Waals surface area contributed by atoms with Gasteiger partial charge in [-0.3, -0.25) is 0 Å². The van der Waals surface area contributed by atoms with E-state index in [1.165, 1.54) is 0 Å². The summed E-state index contributed by atoms with van der Waals surface area (Å²) in [4.78, 5) is 0. The molecule has 0 spiro atoms. The Morgan fingerprint density at radius 3 is 1.88 bits per heavy atom. The van der Waals surface area contributed by atoms with Crippen molar-refractivity contribution in [2.45, 2.75) is 54.9 Å². The summed E-state index contributed by atoms with van der Waals surface area (Å²) < 4.78 is -1.11. The second-order valence-corrected chi connectivity index (χ2v) is 26.1. The first kappa shape index (κ1) is 19.2. The molecule has 0 amide bonds. The van der Waals surface area contributed by atoms with Crippen LogP contribution < -0.4 is 0 Å². The lowest BCUT2D eigenvalue weighted by molar-refractivity contribution is 0.638. The summed E-state index contributed by atoms with van der Waals surface area (Å²) in [6.07, 6.45) is 4.93. The Hall–Kier alpha value is 2.17. The van der Waals surface area contributed by atoms with E-state index < -0.39 is 17.6 Å². The third-order valence-electron chi connectivity index (χ3n) is 2.72. The van der Waals surface area contributed by atoms with Gasteiger partial charge in [0.1, 0.15) is 0 Å². The molecule has 0 aromatic heterocycles. The first-order chi connectivity index (χ1) is 7.67. The van der Waals surface area contributed by atoms with E-state index in [-0.39, 0.29) is 0 Å². The van der Waals surface area contributed by atoms with Crippen LogP contribution in [0.2, 0.25) is 12.1 Å². The highest BCUT2D eigenvalue weighted by Gasteiger charge is 2.35. The Kier molecular flexibility index (Phi) is 10.3. The molecule has 0 fully saturated rings. The highest BCUT2D eigenvalue weighted by atomic mass is 35.8. The molecule has 0 N–H and O–H groups in total. The van der Waals surface area contributed by atoms with Crippen LogP contribution in [0.5, 0.6) is 0 Å². The monoisotopic (exact) mass is 392 g/mol. The molecular weight excluding hydrogens is 377 g/mol. The van der Waals surface area contributed by atoms with Crippen molar-refractivity contribution in [2.75, 3.05) is 0 Å². The van der Waals surface area contributed by atoms with Crippen LogP contribution in [-0.2, 0) is 0 Å². The average Bonchev–Trinajstić information content (AvgIpc) is 2.12. The fourth-order valence-electron chi connectivity index (χ4n) is 1.67. The fourth-order valence-corrected chi connectivity index (χ4v) is 14.1. The van der Waals surface area contributed by atoms with Crippen molar-refractivity contribution < 1.29 is 0 Å². The molecule has 1 atom stereocenters. The van der Waals surface area contributed by atoms with Crippen molar-refractivity contribution in [1.29, 1.82) is 0 Å². The van der Waals surface area contributed by atoms with Gasteiger partial charge in [0, 0.05) is 0 Å². The van der Waals surface area contributed by atoms with E-state index in [4.69, 9.17) is 68.0 Å². The van der Waals surface area contributed by atoms with Gasteiger partial charge in [0.15, 0.2) is 3.79 Å². The fraction of sp³-hybridized carbons (Fsp3) is 1.00. The quantitative estimate of drug-likeness (QED) is 0.196. The van der Waals surface area contributed by atoms with Crippen molar-refractivity contribution in [3.63, 3.8) is 0 Å². The van der Waals surface area contributed by atoms with Gasteiger partial charge in [0.2, 0.25) is 0 Å². The molecule has 0 aromatic rings. The molecule has 0 saturated heterocycles. The minimum absolute atomic E-state index is 0.617. The van der Waals surface area contributed by atoms with Crippen LogP contribution in [0.15, 0.2) is 0 Å². The molecule has 0 heterocycles. The standard InChI is InChI=1S/C9H18Cl6Si2/c1-2-16(17(13,14)15)8-6-4-3-5-7-9(10,11)12/h16H,2-8H2,1H3. The van der Waals surface area contributed by atoms with Gasteiger partial charge in [0.25, 0.3) is 0 Å². The van der Waals surface area contributed by atoms with Gasteiger partial charge < -0.3 is 0 Å². The Morgan fingerprint density at radius 2 is 1.47 bits per heavy atom. The second-order valence-electron chi connectivity index (χ2n) is 4.21. The van der Waals surface area contributed by atoms with Crippen molar-refractivity contribution in [3.05, 3.63) is 0 Å². The van der Waals surface area contributed by atoms with Gasteiger partial charge in [0.05, 0.1) is 8.31 Å². The summed E-state index contributed by atoms with van der Waals surface area (Å²) in [6, 6.07) is 2.21. The van der Waals surface area contributed by atoms with E-state index in [0.29, 0.717) is 6.42 Å². The SMILES string of the molecule is CC[SiH](CCCCCCC(Cl)(Cl)Cl)[Si](Cl)(Cl)Cl.